The van der Waals surface area contributed by atoms with Gasteiger partial charge in [-0.05, 0) is 83.5 Å². The number of unbranched alkanes of at least 4 members (excludes halogenated alkanes) is 34. The molecule has 0 rings (SSSR count). The highest BCUT2D eigenvalue weighted by atomic mass is 16.6. The summed E-state index contributed by atoms with van der Waals surface area (Å²) in [6.07, 6.45) is 68.1. The Morgan fingerprint density at radius 3 is 0.851 bits per heavy atom. The van der Waals surface area contributed by atoms with Gasteiger partial charge in [0.15, 0.2) is 6.10 Å². The monoisotopic (exact) mass is 939 g/mol. The Bertz CT molecular complexity index is 1170. The van der Waals surface area contributed by atoms with E-state index >= 15 is 0 Å². The number of hydrogen-bond donors (Lipinski definition) is 0. The normalized spacial score (nSPS) is 12.3. The number of hydrogen-bond acceptors (Lipinski definition) is 6. The van der Waals surface area contributed by atoms with Crippen molar-refractivity contribution in [3.8, 4) is 0 Å². The molecule has 0 aliphatic rings. The van der Waals surface area contributed by atoms with Crippen molar-refractivity contribution in [3.63, 3.8) is 0 Å². The van der Waals surface area contributed by atoms with Gasteiger partial charge >= 0.3 is 17.9 Å². The molecule has 390 valence electrons. The van der Waals surface area contributed by atoms with Crippen molar-refractivity contribution in [3.05, 3.63) is 48.6 Å². The summed E-state index contributed by atoms with van der Waals surface area (Å²) in [6, 6.07) is 0. The molecule has 0 aliphatic heterocycles. The summed E-state index contributed by atoms with van der Waals surface area (Å²) >= 11 is 0. The van der Waals surface area contributed by atoms with E-state index < -0.39 is 6.10 Å². The minimum Gasteiger partial charge on any atom is -0.462 e. The molecule has 0 aromatic heterocycles. The van der Waals surface area contributed by atoms with Crippen LogP contribution in [0.25, 0.3) is 0 Å². The van der Waals surface area contributed by atoms with Crippen LogP contribution in [-0.4, -0.2) is 37.2 Å². The predicted octanol–water partition coefficient (Wildman–Crippen LogP) is 19.4. The molecular weight excluding hydrogens is 829 g/mol. The van der Waals surface area contributed by atoms with Crippen molar-refractivity contribution in [1.82, 2.24) is 0 Å². The molecule has 0 aromatic carbocycles. The molecule has 6 nitrogen and oxygen atoms in total. The first-order valence-corrected chi connectivity index (χ1v) is 29.1. The van der Waals surface area contributed by atoms with E-state index in [4.69, 9.17) is 14.2 Å². The molecule has 0 amide bonds. The summed E-state index contributed by atoms with van der Waals surface area (Å²) in [5.41, 5.74) is 0. The number of ether oxygens (including phenoxy) is 3. The van der Waals surface area contributed by atoms with Crippen LogP contribution < -0.4 is 0 Å². The Balaban J connectivity index is 4.31. The van der Waals surface area contributed by atoms with E-state index in [9.17, 15) is 14.4 Å². The smallest absolute Gasteiger partial charge is 0.306 e. The maximum Gasteiger partial charge on any atom is 0.306 e. The highest BCUT2D eigenvalue weighted by molar-refractivity contribution is 5.71. The molecule has 0 N–H and O–H groups in total. The topological polar surface area (TPSA) is 78.9 Å². The van der Waals surface area contributed by atoms with Gasteiger partial charge in [-0.3, -0.25) is 14.4 Å². The SMILES string of the molecule is CCCCC/C=C\C/C=C\CCCCCCCCCCCC(=O)OCC(COC(=O)CCCCCCCCCCCCC)OC(=O)CCCCCCCCCCC/C=C\C/C=C\CCCCC. The van der Waals surface area contributed by atoms with Gasteiger partial charge in [0.05, 0.1) is 0 Å². The summed E-state index contributed by atoms with van der Waals surface area (Å²) in [5.74, 6) is -0.868. The van der Waals surface area contributed by atoms with Crippen LogP contribution in [0.4, 0.5) is 0 Å². The van der Waals surface area contributed by atoms with Crippen molar-refractivity contribution < 1.29 is 28.6 Å². The van der Waals surface area contributed by atoms with E-state index in [-0.39, 0.29) is 31.1 Å². The quantitative estimate of drug-likeness (QED) is 0.0262. The van der Waals surface area contributed by atoms with Crippen molar-refractivity contribution in [1.29, 1.82) is 0 Å². The van der Waals surface area contributed by atoms with E-state index in [1.165, 1.54) is 193 Å². The van der Waals surface area contributed by atoms with Crippen molar-refractivity contribution >= 4 is 17.9 Å². The Morgan fingerprint density at radius 1 is 0.299 bits per heavy atom. The molecule has 67 heavy (non-hydrogen) atoms. The predicted molar refractivity (Wildman–Crippen MR) is 289 cm³/mol. The molecule has 1 atom stereocenters. The molecule has 0 bridgehead atoms. The summed E-state index contributed by atoms with van der Waals surface area (Å²) in [4.78, 5) is 38.1. The van der Waals surface area contributed by atoms with Crippen LogP contribution in [0.2, 0.25) is 0 Å². The molecular formula is C61H110O6. The highest BCUT2D eigenvalue weighted by Gasteiger charge is 2.19. The van der Waals surface area contributed by atoms with Crippen LogP contribution in [0.15, 0.2) is 48.6 Å². The standard InChI is InChI=1S/C61H110O6/c1-4-7-10-13-16-19-22-24-26-28-30-32-34-36-39-42-45-48-51-54-60(63)66-57-58(56-65-59(62)53-50-47-44-41-38-21-18-15-12-9-6-3)67-61(64)55-52-49-46-43-40-37-35-33-31-29-27-25-23-20-17-14-11-8-5-2/h16-17,19-20,24-27,58H,4-15,18,21-23,28-57H2,1-3H3/b19-16-,20-17-,26-24-,27-25-. The van der Waals surface area contributed by atoms with Crippen molar-refractivity contribution in [2.24, 2.45) is 0 Å². The first-order valence-electron chi connectivity index (χ1n) is 29.1. The summed E-state index contributed by atoms with van der Waals surface area (Å²) in [5, 5.41) is 0. The Labute approximate surface area is 416 Å². The molecule has 0 radical (unpaired) electrons. The van der Waals surface area contributed by atoms with E-state index in [0.717, 1.165) is 70.6 Å². The van der Waals surface area contributed by atoms with Gasteiger partial charge in [-0.25, -0.2) is 0 Å². The molecule has 6 heteroatoms. The Morgan fingerprint density at radius 2 is 0.537 bits per heavy atom. The van der Waals surface area contributed by atoms with Gasteiger partial charge in [-0.2, -0.15) is 0 Å². The van der Waals surface area contributed by atoms with Gasteiger partial charge in [-0.15, -0.1) is 0 Å². The zero-order valence-corrected chi connectivity index (χ0v) is 44.7. The first kappa shape index (κ1) is 64.4. The number of allylic oxidation sites excluding steroid dienone is 8. The molecule has 0 saturated carbocycles. The molecule has 0 aromatic rings. The number of rotatable bonds is 53. The Hall–Kier alpha value is -2.63. The van der Waals surface area contributed by atoms with Crippen LogP contribution in [-0.2, 0) is 28.6 Å². The van der Waals surface area contributed by atoms with E-state index in [0.29, 0.717) is 19.3 Å². The molecule has 0 spiro atoms. The van der Waals surface area contributed by atoms with Gasteiger partial charge in [0.1, 0.15) is 13.2 Å². The van der Waals surface area contributed by atoms with E-state index in [1.54, 1.807) is 0 Å². The molecule has 0 saturated heterocycles. The van der Waals surface area contributed by atoms with E-state index in [2.05, 4.69) is 69.4 Å². The third-order valence-corrected chi connectivity index (χ3v) is 12.8. The van der Waals surface area contributed by atoms with Crippen LogP contribution in [0.3, 0.4) is 0 Å². The Kier molecular flexibility index (Phi) is 53.8. The third kappa shape index (κ3) is 54.2. The lowest BCUT2D eigenvalue weighted by molar-refractivity contribution is -0.167. The lowest BCUT2D eigenvalue weighted by Gasteiger charge is -2.18. The van der Waals surface area contributed by atoms with Crippen LogP contribution in [0.5, 0.6) is 0 Å². The lowest BCUT2D eigenvalue weighted by atomic mass is 10.1. The zero-order chi connectivity index (χ0) is 48.6. The fraction of sp³-hybridized carbons (Fsp3) is 0.820. The lowest BCUT2D eigenvalue weighted by Crippen LogP contribution is -2.30. The van der Waals surface area contributed by atoms with Gasteiger partial charge < -0.3 is 14.2 Å². The molecule has 0 fully saturated rings. The summed E-state index contributed by atoms with van der Waals surface area (Å²) in [7, 11) is 0. The third-order valence-electron chi connectivity index (χ3n) is 12.8. The number of carbonyl (C=O) groups is 3. The average Bonchev–Trinajstić information content (AvgIpc) is 3.33. The maximum atomic E-state index is 12.9. The van der Waals surface area contributed by atoms with Crippen LogP contribution in [0, 0.1) is 0 Å². The highest BCUT2D eigenvalue weighted by Crippen LogP contribution is 2.16. The van der Waals surface area contributed by atoms with Gasteiger partial charge in [0, 0.05) is 19.3 Å². The minimum atomic E-state index is -0.774. The minimum absolute atomic E-state index is 0.0732. The second kappa shape index (κ2) is 56.0. The second-order valence-corrected chi connectivity index (χ2v) is 19.6. The van der Waals surface area contributed by atoms with Crippen molar-refractivity contribution in [2.75, 3.05) is 13.2 Å². The van der Waals surface area contributed by atoms with E-state index in [1.807, 2.05) is 0 Å². The fourth-order valence-electron chi connectivity index (χ4n) is 8.39. The van der Waals surface area contributed by atoms with Crippen LogP contribution in [0.1, 0.15) is 303 Å². The fourth-order valence-corrected chi connectivity index (χ4v) is 8.39. The van der Waals surface area contributed by atoms with Gasteiger partial charge in [0.25, 0.3) is 0 Å². The molecule has 0 aliphatic carbocycles. The number of carbonyl (C=O) groups excluding carboxylic acids is 3. The number of esters is 3. The van der Waals surface area contributed by atoms with Crippen LogP contribution >= 0.6 is 0 Å². The summed E-state index contributed by atoms with van der Waals surface area (Å²) < 4.78 is 16.9. The first-order chi connectivity index (χ1) is 33.0. The molecule has 0 heterocycles. The average molecular weight is 940 g/mol. The summed E-state index contributed by atoms with van der Waals surface area (Å²) in [6.45, 7) is 6.61. The van der Waals surface area contributed by atoms with Crippen molar-refractivity contribution in [2.45, 2.75) is 309 Å². The zero-order valence-electron chi connectivity index (χ0n) is 44.7. The molecule has 1 unspecified atom stereocenters. The maximum absolute atomic E-state index is 12.9. The largest absolute Gasteiger partial charge is 0.462 e. The van der Waals surface area contributed by atoms with Gasteiger partial charge in [0.2, 0.25) is 0 Å². The second-order valence-electron chi connectivity index (χ2n) is 19.6. The van der Waals surface area contributed by atoms with Gasteiger partial charge in [-0.1, -0.05) is 249 Å².